The second kappa shape index (κ2) is 7.56. The van der Waals surface area contributed by atoms with E-state index in [-0.39, 0.29) is 11.9 Å². The molecule has 3 aliphatic rings. The molecule has 2 N–H and O–H groups in total. The van der Waals surface area contributed by atoms with Crippen molar-refractivity contribution in [3.8, 4) is 0 Å². The zero-order valence-electron chi connectivity index (χ0n) is 18.8. The summed E-state index contributed by atoms with van der Waals surface area (Å²) in [5.74, 6) is -0.502. The molecule has 0 spiro atoms. The molecule has 0 radical (unpaired) electrons. The van der Waals surface area contributed by atoms with Gasteiger partial charge in [0.15, 0.2) is 0 Å². The van der Waals surface area contributed by atoms with Gasteiger partial charge in [0, 0.05) is 23.4 Å². The Morgan fingerprint density at radius 2 is 1.91 bits per heavy atom. The Morgan fingerprint density at radius 1 is 1.18 bits per heavy atom. The molecule has 2 aromatic rings. The minimum Gasteiger partial charge on any atom is -0.482 e. The third-order valence-corrected chi connectivity index (χ3v) is 6.48. The molecule has 0 atom stereocenters. The lowest BCUT2D eigenvalue weighted by Gasteiger charge is -2.23. The summed E-state index contributed by atoms with van der Waals surface area (Å²) in [6, 6.07) is 12.2. The summed E-state index contributed by atoms with van der Waals surface area (Å²) in [7, 11) is 1.41. The standard InChI is InChI=1S/C26H25FN2O4/c1-25(2)19(13-21(33-25)22-18-12-17(27)8-9-20(18)29-23(22)30)16-6-4-15(5-7-16)14-28-26(10-11-26)24(31)32-3/h4-9,12-13,28H,10-11,14H2,1-3H3,(H,29,30). The summed E-state index contributed by atoms with van der Waals surface area (Å²) in [5, 5.41) is 6.08. The van der Waals surface area contributed by atoms with Crippen molar-refractivity contribution in [2.24, 2.45) is 0 Å². The monoisotopic (exact) mass is 448 g/mol. The molecule has 2 heterocycles. The van der Waals surface area contributed by atoms with Crippen LogP contribution in [0.2, 0.25) is 0 Å². The van der Waals surface area contributed by atoms with Crippen LogP contribution in [0.1, 0.15) is 43.4 Å². The van der Waals surface area contributed by atoms with Gasteiger partial charge in [-0.2, -0.15) is 0 Å². The Morgan fingerprint density at radius 3 is 2.58 bits per heavy atom. The number of anilines is 1. The molecule has 33 heavy (non-hydrogen) atoms. The fourth-order valence-electron chi connectivity index (χ4n) is 4.45. The highest BCUT2D eigenvalue weighted by Gasteiger charge is 2.50. The number of esters is 1. The molecule has 0 saturated heterocycles. The zero-order chi connectivity index (χ0) is 23.4. The predicted octanol–water partition coefficient (Wildman–Crippen LogP) is 4.18. The third kappa shape index (κ3) is 3.72. The largest absolute Gasteiger partial charge is 0.482 e. The van der Waals surface area contributed by atoms with Crippen LogP contribution in [-0.4, -0.2) is 30.1 Å². The summed E-state index contributed by atoms with van der Waals surface area (Å²) < 4.78 is 24.9. The molecule has 0 aromatic heterocycles. The van der Waals surface area contributed by atoms with Crippen molar-refractivity contribution < 1.29 is 23.5 Å². The van der Waals surface area contributed by atoms with Crippen molar-refractivity contribution in [3.63, 3.8) is 0 Å². The highest BCUT2D eigenvalue weighted by atomic mass is 19.1. The van der Waals surface area contributed by atoms with E-state index in [0.29, 0.717) is 29.1 Å². The van der Waals surface area contributed by atoms with Crippen LogP contribution in [0.3, 0.4) is 0 Å². The van der Waals surface area contributed by atoms with E-state index in [9.17, 15) is 14.0 Å². The smallest absolute Gasteiger partial charge is 0.326 e. The van der Waals surface area contributed by atoms with Crippen molar-refractivity contribution in [1.82, 2.24) is 5.32 Å². The number of hydrogen-bond donors (Lipinski definition) is 2. The lowest BCUT2D eigenvalue weighted by Crippen LogP contribution is -2.39. The van der Waals surface area contributed by atoms with Gasteiger partial charge in [0.1, 0.15) is 22.7 Å². The molecule has 7 heteroatoms. The summed E-state index contributed by atoms with van der Waals surface area (Å²) in [4.78, 5) is 24.5. The second-order valence-corrected chi connectivity index (χ2v) is 9.18. The molecular weight excluding hydrogens is 423 g/mol. The Kier molecular flexibility index (Phi) is 4.90. The van der Waals surface area contributed by atoms with E-state index in [1.54, 1.807) is 6.07 Å². The van der Waals surface area contributed by atoms with Gasteiger partial charge in [-0.15, -0.1) is 0 Å². The summed E-state index contributed by atoms with van der Waals surface area (Å²) in [6.45, 7) is 4.44. The minimum absolute atomic E-state index is 0.216. The molecule has 2 aromatic carbocycles. The lowest BCUT2D eigenvalue weighted by atomic mass is 9.91. The average molecular weight is 448 g/mol. The predicted molar refractivity (Wildman–Crippen MR) is 122 cm³/mol. The van der Waals surface area contributed by atoms with Crippen LogP contribution < -0.4 is 10.6 Å². The van der Waals surface area contributed by atoms with Crippen LogP contribution in [0.4, 0.5) is 10.1 Å². The van der Waals surface area contributed by atoms with Gasteiger partial charge >= 0.3 is 5.97 Å². The number of hydrogen-bond acceptors (Lipinski definition) is 5. The summed E-state index contributed by atoms with van der Waals surface area (Å²) in [5.41, 5.74) is 3.14. The maximum absolute atomic E-state index is 13.8. The number of allylic oxidation sites excluding steroid dienone is 1. The van der Waals surface area contributed by atoms with E-state index in [1.165, 1.54) is 19.2 Å². The molecule has 2 aliphatic heterocycles. The number of nitrogens with one attached hydrogen (secondary N) is 2. The lowest BCUT2D eigenvalue weighted by molar-refractivity contribution is -0.144. The van der Waals surface area contributed by atoms with E-state index in [2.05, 4.69) is 10.6 Å². The van der Waals surface area contributed by atoms with Crippen LogP contribution in [0, 0.1) is 5.82 Å². The first-order valence-electron chi connectivity index (χ1n) is 10.9. The van der Waals surface area contributed by atoms with Gasteiger partial charge in [-0.3, -0.25) is 14.9 Å². The number of methoxy groups -OCH3 is 1. The molecule has 1 aliphatic carbocycles. The van der Waals surface area contributed by atoms with Crippen molar-refractivity contribution in [1.29, 1.82) is 0 Å². The zero-order valence-corrected chi connectivity index (χ0v) is 18.8. The number of fused-ring (bicyclic) bond motifs is 1. The van der Waals surface area contributed by atoms with Crippen LogP contribution in [0.5, 0.6) is 0 Å². The first-order valence-corrected chi connectivity index (χ1v) is 10.9. The van der Waals surface area contributed by atoms with E-state index >= 15 is 0 Å². The van der Waals surface area contributed by atoms with Gasteiger partial charge in [-0.05, 0) is 62.1 Å². The van der Waals surface area contributed by atoms with Crippen LogP contribution in [0.15, 0.2) is 54.3 Å². The van der Waals surface area contributed by atoms with E-state index in [4.69, 9.17) is 9.47 Å². The fourth-order valence-corrected chi connectivity index (χ4v) is 4.45. The van der Waals surface area contributed by atoms with Crippen molar-refractivity contribution in [3.05, 3.63) is 76.8 Å². The summed E-state index contributed by atoms with van der Waals surface area (Å²) in [6.07, 6.45) is 3.43. The summed E-state index contributed by atoms with van der Waals surface area (Å²) >= 11 is 0. The first-order chi connectivity index (χ1) is 15.7. The molecule has 170 valence electrons. The number of ether oxygens (including phenoxy) is 2. The molecule has 1 amide bonds. The highest BCUT2D eigenvalue weighted by molar-refractivity contribution is 6.32. The molecule has 0 bridgehead atoms. The average Bonchev–Trinajstić information content (AvgIpc) is 3.42. The van der Waals surface area contributed by atoms with Crippen LogP contribution >= 0.6 is 0 Å². The molecule has 1 fully saturated rings. The van der Waals surface area contributed by atoms with Gasteiger partial charge in [0.05, 0.1) is 12.7 Å². The van der Waals surface area contributed by atoms with Gasteiger partial charge in [-0.25, -0.2) is 4.39 Å². The van der Waals surface area contributed by atoms with E-state index < -0.39 is 17.0 Å². The molecular formula is C26H25FN2O4. The number of amides is 1. The quantitative estimate of drug-likeness (QED) is 0.530. The van der Waals surface area contributed by atoms with E-state index in [1.807, 2.05) is 44.2 Å². The maximum Gasteiger partial charge on any atom is 0.326 e. The van der Waals surface area contributed by atoms with Crippen LogP contribution in [0.25, 0.3) is 11.1 Å². The van der Waals surface area contributed by atoms with Crippen LogP contribution in [-0.2, 0) is 25.6 Å². The highest BCUT2D eigenvalue weighted by Crippen LogP contribution is 2.44. The number of carbonyl (C=O) groups excluding carboxylic acids is 2. The van der Waals surface area contributed by atoms with Crippen molar-refractivity contribution >= 4 is 28.7 Å². The Labute approximate surface area is 191 Å². The minimum atomic E-state index is -0.665. The Bertz CT molecular complexity index is 1220. The van der Waals surface area contributed by atoms with Crippen molar-refractivity contribution in [2.75, 3.05) is 12.4 Å². The number of carbonyl (C=O) groups is 2. The van der Waals surface area contributed by atoms with Gasteiger partial charge in [0.25, 0.3) is 5.91 Å². The second-order valence-electron chi connectivity index (χ2n) is 9.18. The van der Waals surface area contributed by atoms with E-state index in [0.717, 1.165) is 29.5 Å². The first kappa shape index (κ1) is 21.4. The number of rotatable bonds is 5. The van der Waals surface area contributed by atoms with Gasteiger partial charge in [0.2, 0.25) is 0 Å². The van der Waals surface area contributed by atoms with Gasteiger partial charge in [-0.1, -0.05) is 24.3 Å². The molecule has 5 rings (SSSR count). The van der Waals surface area contributed by atoms with Crippen molar-refractivity contribution in [2.45, 2.75) is 44.4 Å². The maximum atomic E-state index is 13.8. The normalized spacial score (nSPS) is 21.7. The third-order valence-electron chi connectivity index (χ3n) is 6.48. The fraction of sp³-hybridized carbons (Fsp3) is 0.308. The Hall–Kier alpha value is -3.45. The SMILES string of the molecule is COC(=O)C1(NCc2ccc(C3=CC(=C4C(=O)Nc5ccc(F)cc54)OC3(C)C)cc2)CC1. The number of halogens is 1. The molecule has 0 unspecified atom stereocenters. The topological polar surface area (TPSA) is 76.7 Å². The van der Waals surface area contributed by atoms with Gasteiger partial charge < -0.3 is 14.8 Å². The molecule has 6 nitrogen and oxygen atoms in total. The Balaban J connectivity index is 1.41. The molecule has 1 saturated carbocycles. The number of benzene rings is 2.